The maximum absolute atomic E-state index is 14.6. The van der Waals surface area contributed by atoms with Crippen LogP contribution in [0.1, 0.15) is 83.5 Å². The number of esters is 1. The number of H-pyrrole nitrogens is 2. The molecule has 0 spiro atoms. The number of benzene rings is 2. The van der Waals surface area contributed by atoms with E-state index >= 15 is 0 Å². The zero-order valence-electron chi connectivity index (χ0n) is 45.3. The molecule has 27 heteroatoms. The molecule has 27 nitrogen and oxygen atoms in total. The number of primary amides is 1. The Morgan fingerprint density at radius 3 is 1.95 bits per heavy atom. The summed E-state index contributed by atoms with van der Waals surface area (Å²) in [6.07, 6.45) is 4.52. The van der Waals surface area contributed by atoms with Gasteiger partial charge < -0.3 is 79.1 Å². The van der Waals surface area contributed by atoms with Crippen LogP contribution in [0.25, 0.3) is 10.9 Å². The minimum Gasteiger partial charge on any atom is -0.427 e. The van der Waals surface area contributed by atoms with Gasteiger partial charge in [0, 0.05) is 74.7 Å². The number of nitrogens with zero attached hydrogens (tertiary/aromatic N) is 3. The van der Waals surface area contributed by atoms with Gasteiger partial charge in [0.2, 0.25) is 53.2 Å². The zero-order chi connectivity index (χ0) is 58.6. The standard InChI is InChI=1S/C53H73N15O12/c1-6-68(29(4)45(54)72)52(79)38(12-9-19-58-53(55)56)62-47(74)39(20-28(2)3)63-48(75)40(21-31-13-15-34(16-14-31)80-30(5)70)64-51(78)43(26-69)67-49(76)41(22-32-24-59-36-11-8-7-10-35(32)36)65-50(77)42(23-33-25-57-27-60-33)66-46(73)37-17-18-44(71)61-37/h7-8,10-11,13-16,24-25,27-29,37-43,59,69H,6,9,12,17-23,26H2,1-5H3,(H2,54,72)(H,57,60)(H,61,71)(H,62,74)(H,63,75)(H,64,78)(H,65,77)(H,66,73)(H,67,76)(H4,55,56,58)/t29-,37-,38-,39+,40-,41-,42-,43-/m0/s1. The minimum atomic E-state index is -1.76. The van der Waals surface area contributed by atoms with Gasteiger partial charge >= 0.3 is 5.97 Å². The highest BCUT2D eigenvalue weighted by Gasteiger charge is 2.37. The first-order chi connectivity index (χ1) is 38.1. The molecule has 0 aliphatic carbocycles. The lowest BCUT2D eigenvalue weighted by atomic mass is 10.00. The lowest BCUT2D eigenvalue weighted by molar-refractivity contribution is -0.142. The van der Waals surface area contributed by atoms with E-state index in [1.165, 1.54) is 55.5 Å². The van der Waals surface area contributed by atoms with E-state index in [0.717, 1.165) is 0 Å². The molecule has 1 aliphatic heterocycles. The Morgan fingerprint density at radius 1 is 0.775 bits per heavy atom. The summed E-state index contributed by atoms with van der Waals surface area (Å²) in [4.78, 5) is 151. The Morgan fingerprint density at radius 2 is 1.38 bits per heavy atom. The molecule has 9 amide bonds. The number of rotatable bonds is 30. The van der Waals surface area contributed by atoms with E-state index in [-0.39, 0.29) is 88.0 Å². The van der Waals surface area contributed by atoms with Gasteiger partial charge in [-0.2, -0.15) is 0 Å². The van der Waals surface area contributed by atoms with Gasteiger partial charge in [-0.3, -0.25) is 52.9 Å². The molecule has 80 heavy (non-hydrogen) atoms. The fourth-order valence-electron chi connectivity index (χ4n) is 8.94. The SMILES string of the molecule is CCN(C(=O)[C@H](CCCN=C(N)N)NC(=O)[C@@H](CC(C)C)NC(=O)[C@H](Cc1ccc(OC(C)=O)cc1)NC(=O)[C@H](CO)NC(=O)[C@H](Cc1c[nH]c2ccccc12)NC(=O)[C@H](Cc1cnc[nH]1)NC(=O)[C@@H]1CCC(=O)N1)[C@@H](C)C(N)=O. The van der Waals surface area contributed by atoms with Crippen molar-refractivity contribution in [2.24, 2.45) is 28.1 Å². The van der Waals surface area contributed by atoms with Crippen LogP contribution in [0, 0.1) is 5.92 Å². The molecule has 0 saturated carbocycles. The van der Waals surface area contributed by atoms with Crippen molar-refractivity contribution in [2.75, 3.05) is 19.7 Å². The molecule has 1 aliphatic rings. The Bertz CT molecular complexity index is 2850. The van der Waals surface area contributed by atoms with Crippen LogP contribution < -0.4 is 59.2 Å². The topological polar surface area (TPSA) is 422 Å². The Kier molecular flexibility index (Phi) is 23.0. The molecular weight excluding hydrogens is 1040 g/mol. The van der Waals surface area contributed by atoms with E-state index in [9.17, 15) is 53.1 Å². The van der Waals surface area contributed by atoms with E-state index in [1.807, 2.05) is 0 Å². The van der Waals surface area contributed by atoms with Crippen LogP contribution in [0.2, 0.25) is 0 Å². The van der Waals surface area contributed by atoms with Crippen molar-refractivity contribution in [1.29, 1.82) is 0 Å². The molecule has 1 fully saturated rings. The molecular formula is C53H73N15O12. The highest BCUT2D eigenvalue weighted by atomic mass is 16.5. The lowest BCUT2D eigenvalue weighted by Gasteiger charge is -2.31. The zero-order valence-corrected chi connectivity index (χ0v) is 45.3. The maximum Gasteiger partial charge on any atom is 0.308 e. The van der Waals surface area contributed by atoms with E-state index in [1.54, 1.807) is 51.2 Å². The first-order valence-electron chi connectivity index (χ1n) is 26.2. The number of aliphatic hydroxyl groups is 1. The summed E-state index contributed by atoms with van der Waals surface area (Å²) >= 11 is 0. The number of likely N-dealkylation sites (N-methyl/N-ethyl adjacent to an activating group) is 1. The smallest absolute Gasteiger partial charge is 0.308 e. The van der Waals surface area contributed by atoms with Gasteiger partial charge in [-0.15, -0.1) is 0 Å². The second kappa shape index (κ2) is 29.7. The Balaban J connectivity index is 1.43. The summed E-state index contributed by atoms with van der Waals surface area (Å²) in [5.74, 6) is -7.71. The number of para-hydroxylation sites is 1. The monoisotopic (exact) mass is 1110 g/mol. The van der Waals surface area contributed by atoms with Gasteiger partial charge in [0.25, 0.3) is 0 Å². The first-order valence-corrected chi connectivity index (χ1v) is 26.2. The maximum atomic E-state index is 14.6. The molecule has 0 unspecified atom stereocenters. The number of nitrogens with one attached hydrogen (secondary N) is 9. The number of aliphatic imine (C=N–C) groups is 1. The Hall–Kier alpha value is -8.88. The number of hydrogen-bond acceptors (Lipinski definition) is 14. The fourth-order valence-corrected chi connectivity index (χ4v) is 8.94. The summed E-state index contributed by atoms with van der Waals surface area (Å²) in [6, 6.07) is 2.59. The number of imidazole rings is 1. The number of amides is 9. The average molecular weight is 1110 g/mol. The second-order valence-corrected chi connectivity index (χ2v) is 19.8. The van der Waals surface area contributed by atoms with Crippen molar-refractivity contribution in [1.82, 2.24) is 57.1 Å². The molecule has 432 valence electrons. The predicted octanol–water partition coefficient (Wildman–Crippen LogP) is -2.15. The van der Waals surface area contributed by atoms with E-state index in [4.69, 9.17) is 21.9 Å². The van der Waals surface area contributed by atoms with E-state index in [2.05, 4.69) is 57.2 Å². The molecule has 2 aromatic carbocycles. The third-order valence-electron chi connectivity index (χ3n) is 13.1. The van der Waals surface area contributed by atoms with Gasteiger partial charge in [0.05, 0.1) is 12.9 Å². The Labute approximate surface area is 461 Å². The van der Waals surface area contributed by atoms with Crippen LogP contribution in [-0.2, 0) is 67.2 Å². The number of guanidine groups is 1. The summed E-state index contributed by atoms with van der Waals surface area (Å²) < 4.78 is 5.16. The summed E-state index contributed by atoms with van der Waals surface area (Å²) in [5.41, 5.74) is 18.7. The lowest BCUT2D eigenvalue weighted by Crippen LogP contribution is -2.61. The van der Waals surface area contributed by atoms with E-state index < -0.39 is 108 Å². The van der Waals surface area contributed by atoms with Crippen LogP contribution in [0.15, 0.2) is 72.2 Å². The number of carbonyl (C=O) groups excluding carboxylic acids is 10. The van der Waals surface area contributed by atoms with Crippen molar-refractivity contribution in [3.63, 3.8) is 0 Å². The molecule has 1 saturated heterocycles. The van der Waals surface area contributed by atoms with Crippen molar-refractivity contribution < 1.29 is 57.8 Å². The number of ether oxygens (including phenoxy) is 1. The quantitative estimate of drug-likeness (QED) is 0.00870. The van der Waals surface area contributed by atoms with Gasteiger partial charge in [-0.05, 0) is 74.8 Å². The highest BCUT2D eigenvalue weighted by molar-refractivity contribution is 5.99. The van der Waals surface area contributed by atoms with Gasteiger partial charge in [0.1, 0.15) is 54.1 Å². The van der Waals surface area contributed by atoms with Gasteiger partial charge in [-0.25, -0.2) is 4.98 Å². The molecule has 16 N–H and O–H groups in total. The largest absolute Gasteiger partial charge is 0.427 e. The van der Waals surface area contributed by atoms with E-state index in [0.29, 0.717) is 27.7 Å². The van der Waals surface area contributed by atoms with Crippen LogP contribution in [-0.4, -0.2) is 158 Å². The molecule has 4 aromatic rings. The van der Waals surface area contributed by atoms with Crippen LogP contribution >= 0.6 is 0 Å². The summed E-state index contributed by atoms with van der Waals surface area (Å²) in [5, 5.41) is 30.0. The third-order valence-corrected chi connectivity index (χ3v) is 13.1. The molecule has 5 rings (SSSR count). The van der Waals surface area contributed by atoms with Crippen LogP contribution in [0.5, 0.6) is 5.75 Å². The number of hydrogen-bond donors (Lipinski definition) is 13. The van der Waals surface area contributed by atoms with Crippen molar-refractivity contribution in [2.45, 2.75) is 134 Å². The molecule has 0 radical (unpaired) electrons. The number of nitrogens with two attached hydrogens (primary N) is 3. The number of fused-ring (bicyclic) bond motifs is 1. The van der Waals surface area contributed by atoms with Gasteiger partial charge in [0.15, 0.2) is 5.96 Å². The van der Waals surface area contributed by atoms with Gasteiger partial charge in [-0.1, -0.05) is 44.2 Å². The number of aromatic nitrogens is 3. The van der Waals surface area contributed by atoms with Crippen molar-refractivity contribution in [3.05, 3.63) is 84.1 Å². The van der Waals surface area contributed by atoms with Crippen molar-refractivity contribution >= 4 is 76.0 Å². The second-order valence-electron chi connectivity index (χ2n) is 19.8. The van der Waals surface area contributed by atoms with Crippen LogP contribution in [0.4, 0.5) is 0 Å². The summed E-state index contributed by atoms with van der Waals surface area (Å²) in [7, 11) is 0. The summed E-state index contributed by atoms with van der Waals surface area (Å²) in [6.45, 7) is 7.02. The van der Waals surface area contributed by atoms with Crippen LogP contribution in [0.3, 0.4) is 0 Å². The normalized spacial score (nSPS) is 15.6. The predicted molar refractivity (Wildman–Crippen MR) is 291 cm³/mol. The minimum absolute atomic E-state index is 0.0118. The molecule has 8 atom stereocenters. The third kappa shape index (κ3) is 18.4. The first kappa shape index (κ1) is 62.0. The number of aliphatic hydroxyl groups excluding tert-OH is 1. The number of aromatic amines is 2. The molecule has 2 aromatic heterocycles. The van der Waals surface area contributed by atoms with Crippen molar-refractivity contribution in [3.8, 4) is 5.75 Å². The highest BCUT2D eigenvalue weighted by Crippen LogP contribution is 2.21. The number of carbonyl (C=O) groups is 10. The average Bonchev–Trinajstić information content (AvgIpc) is 4.21. The molecule has 3 heterocycles. The fraction of sp³-hybridized carbons (Fsp3) is 0.472. The molecule has 0 bridgehead atoms.